The molecule has 0 saturated carbocycles. The maximum absolute atomic E-state index is 11.7. The largest absolute Gasteiger partial charge is 0.444 e. The third kappa shape index (κ3) is 4.83. The number of para-hydroxylation sites is 2. The smallest absolute Gasteiger partial charge is 0.407 e. The van der Waals surface area contributed by atoms with E-state index < -0.39 is 5.60 Å². The number of hydrogen-bond acceptors (Lipinski definition) is 4. The molecule has 0 aromatic heterocycles. The van der Waals surface area contributed by atoms with Gasteiger partial charge in [-0.25, -0.2) is 4.79 Å². The zero-order chi connectivity index (χ0) is 16.2. The van der Waals surface area contributed by atoms with E-state index in [9.17, 15) is 4.79 Å². The monoisotopic (exact) mass is 305 g/mol. The van der Waals surface area contributed by atoms with Crippen LogP contribution in [0, 0.1) is 5.92 Å². The number of alkyl carbamates (subject to hydrolysis) is 1. The average molecular weight is 305 g/mol. The number of nitrogens with one attached hydrogen (secondary N) is 1. The van der Waals surface area contributed by atoms with Crippen LogP contribution in [0.2, 0.25) is 0 Å². The SMILES string of the molecule is CC(C)(C)OC(=O)NC[C@@H]1CCCN(c2ccccc2N)C1. The number of ether oxygens (including phenoxy) is 1. The van der Waals surface area contributed by atoms with Crippen molar-refractivity contribution >= 4 is 17.5 Å². The van der Waals surface area contributed by atoms with Gasteiger partial charge in [0, 0.05) is 19.6 Å². The van der Waals surface area contributed by atoms with Crippen LogP contribution in [0.15, 0.2) is 24.3 Å². The number of hydrogen-bond donors (Lipinski definition) is 2. The van der Waals surface area contributed by atoms with Crippen LogP contribution < -0.4 is 16.0 Å². The van der Waals surface area contributed by atoms with Gasteiger partial charge in [0.05, 0.1) is 11.4 Å². The van der Waals surface area contributed by atoms with E-state index in [1.165, 1.54) is 0 Å². The second-order valence-corrected chi connectivity index (χ2v) is 6.90. The lowest BCUT2D eigenvalue weighted by molar-refractivity contribution is 0.0517. The summed E-state index contributed by atoms with van der Waals surface area (Å²) in [5.41, 5.74) is 7.50. The number of nitrogens with zero attached hydrogens (tertiary/aromatic N) is 1. The Labute approximate surface area is 132 Å². The van der Waals surface area contributed by atoms with Crippen LogP contribution in [0.5, 0.6) is 0 Å². The van der Waals surface area contributed by atoms with Gasteiger partial charge in [-0.05, 0) is 51.7 Å². The van der Waals surface area contributed by atoms with Gasteiger partial charge in [-0.3, -0.25) is 0 Å². The van der Waals surface area contributed by atoms with Crippen LogP contribution in [-0.4, -0.2) is 31.3 Å². The highest BCUT2D eigenvalue weighted by Crippen LogP contribution is 2.27. The molecular formula is C17H27N3O2. The van der Waals surface area contributed by atoms with Crippen LogP contribution in [0.25, 0.3) is 0 Å². The number of benzene rings is 1. The molecule has 0 aliphatic carbocycles. The molecule has 0 unspecified atom stereocenters. The minimum absolute atomic E-state index is 0.344. The summed E-state index contributed by atoms with van der Waals surface area (Å²) in [6.45, 7) is 8.16. The Morgan fingerprint density at radius 2 is 2.14 bits per heavy atom. The fraction of sp³-hybridized carbons (Fsp3) is 0.588. The number of nitrogen functional groups attached to an aromatic ring is 1. The first-order chi connectivity index (χ1) is 10.3. The van der Waals surface area contributed by atoms with Crippen molar-refractivity contribution in [3.05, 3.63) is 24.3 Å². The van der Waals surface area contributed by atoms with Gasteiger partial charge in [0.15, 0.2) is 0 Å². The number of anilines is 2. The molecule has 0 spiro atoms. The first-order valence-electron chi connectivity index (χ1n) is 7.91. The van der Waals surface area contributed by atoms with Gasteiger partial charge in [-0.2, -0.15) is 0 Å². The van der Waals surface area contributed by atoms with Crippen molar-refractivity contribution < 1.29 is 9.53 Å². The highest BCUT2D eigenvalue weighted by Gasteiger charge is 2.23. The van der Waals surface area contributed by atoms with Gasteiger partial charge in [0.25, 0.3) is 0 Å². The fourth-order valence-electron chi connectivity index (χ4n) is 2.77. The quantitative estimate of drug-likeness (QED) is 0.842. The molecule has 1 atom stereocenters. The summed E-state index contributed by atoms with van der Waals surface area (Å²) in [6, 6.07) is 7.94. The number of rotatable bonds is 3. The molecule has 1 saturated heterocycles. The van der Waals surface area contributed by atoms with Crippen LogP contribution in [0.3, 0.4) is 0 Å². The molecule has 1 aromatic rings. The van der Waals surface area contributed by atoms with Crippen LogP contribution in [0.1, 0.15) is 33.6 Å². The van der Waals surface area contributed by atoms with Crippen molar-refractivity contribution in [1.82, 2.24) is 5.32 Å². The summed E-state index contributed by atoms with van der Waals surface area (Å²) < 4.78 is 5.28. The first kappa shape index (κ1) is 16.5. The van der Waals surface area contributed by atoms with Gasteiger partial charge >= 0.3 is 6.09 Å². The van der Waals surface area contributed by atoms with Crippen molar-refractivity contribution in [1.29, 1.82) is 0 Å². The molecule has 2 rings (SSSR count). The minimum atomic E-state index is -0.457. The third-order valence-electron chi connectivity index (χ3n) is 3.73. The van der Waals surface area contributed by atoms with Crippen molar-refractivity contribution in [2.24, 2.45) is 5.92 Å². The van der Waals surface area contributed by atoms with E-state index in [2.05, 4.69) is 16.3 Å². The van der Waals surface area contributed by atoms with Gasteiger partial charge in [0.2, 0.25) is 0 Å². The Hall–Kier alpha value is -1.91. The first-order valence-corrected chi connectivity index (χ1v) is 7.91. The van der Waals surface area contributed by atoms with Gasteiger partial charge in [0.1, 0.15) is 5.60 Å². The molecule has 5 nitrogen and oxygen atoms in total. The molecule has 0 bridgehead atoms. The lowest BCUT2D eigenvalue weighted by Gasteiger charge is -2.35. The highest BCUT2D eigenvalue weighted by molar-refractivity contribution is 5.68. The predicted molar refractivity (Wildman–Crippen MR) is 90.0 cm³/mol. The third-order valence-corrected chi connectivity index (χ3v) is 3.73. The molecule has 1 aromatic carbocycles. The van der Waals surface area contributed by atoms with Gasteiger partial charge < -0.3 is 20.7 Å². The van der Waals surface area contributed by atoms with Gasteiger partial charge in [-0.1, -0.05) is 12.1 Å². The molecule has 1 aliphatic heterocycles. The average Bonchev–Trinajstić information content (AvgIpc) is 2.44. The van der Waals surface area contributed by atoms with E-state index in [1.54, 1.807) is 0 Å². The maximum atomic E-state index is 11.7. The second-order valence-electron chi connectivity index (χ2n) is 6.90. The van der Waals surface area contributed by atoms with Crippen LogP contribution in [-0.2, 0) is 4.74 Å². The van der Waals surface area contributed by atoms with Crippen LogP contribution in [0.4, 0.5) is 16.2 Å². The zero-order valence-corrected chi connectivity index (χ0v) is 13.8. The van der Waals surface area contributed by atoms with Crippen LogP contribution >= 0.6 is 0 Å². The summed E-state index contributed by atoms with van der Waals surface area (Å²) in [5.74, 6) is 0.417. The van der Waals surface area contributed by atoms with Crippen molar-refractivity contribution in [3.63, 3.8) is 0 Å². The number of piperidine rings is 1. The lowest BCUT2D eigenvalue weighted by Crippen LogP contribution is -2.42. The van der Waals surface area contributed by atoms with E-state index in [1.807, 2.05) is 39.0 Å². The van der Waals surface area contributed by atoms with Crippen molar-refractivity contribution in [2.45, 2.75) is 39.2 Å². The highest BCUT2D eigenvalue weighted by atomic mass is 16.6. The number of carbonyl (C=O) groups is 1. The molecule has 1 aliphatic rings. The normalized spacial score (nSPS) is 18.9. The summed E-state index contributed by atoms with van der Waals surface area (Å²) >= 11 is 0. The Balaban J connectivity index is 1.86. The number of carbonyl (C=O) groups excluding carboxylic acids is 1. The topological polar surface area (TPSA) is 67.6 Å². The van der Waals surface area contributed by atoms with Crippen molar-refractivity contribution in [3.8, 4) is 0 Å². The maximum Gasteiger partial charge on any atom is 0.407 e. The van der Waals surface area contributed by atoms with E-state index in [4.69, 9.17) is 10.5 Å². The molecule has 5 heteroatoms. The number of nitrogens with two attached hydrogens (primary N) is 1. The van der Waals surface area contributed by atoms with Gasteiger partial charge in [-0.15, -0.1) is 0 Å². The van der Waals surface area contributed by atoms with E-state index in [0.717, 1.165) is 37.3 Å². The summed E-state index contributed by atoms with van der Waals surface area (Å²) in [7, 11) is 0. The van der Waals surface area contributed by atoms with Crippen molar-refractivity contribution in [2.75, 3.05) is 30.3 Å². The van der Waals surface area contributed by atoms with E-state index in [0.29, 0.717) is 12.5 Å². The molecule has 3 N–H and O–H groups in total. The Kier molecular flexibility index (Phi) is 5.16. The predicted octanol–water partition coefficient (Wildman–Crippen LogP) is 3.01. The molecule has 122 valence electrons. The second kappa shape index (κ2) is 6.90. The molecule has 1 heterocycles. The summed E-state index contributed by atoms with van der Waals surface area (Å²) in [4.78, 5) is 14.0. The molecule has 0 radical (unpaired) electrons. The Bertz CT molecular complexity index is 511. The minimum Gasteiger partial charge on any atom is -0.444 e. The lowest BCUT2D eigenvalue weighted by atomic mass is 9.97. The Morgan fingerprint density at radius 3 is 2.82 bits per heavy atom. The summed E-state index contributed by atoms with van der Waals surface area (Å²) in [6.07, 6.45) is 1.87. The molecule has 1 fully saturated rings. The molecular weight excluding hydrogens is 278 g/mol. The molecule has 22 heavy (non-hydrogen) atoms. The number of amides is 1. The molecule has 1 amide bonds. The van der Waals surface area contributed by atoms with E-state index in [-0.39, 0.29) is 6.09 Å². The Morgan fingerprint density at radius 1 is 1.41 bits per heavy atom. The summed E-state index contributed by atoms with van der Waals surface area (Å²) in [5, 5.41) is 2.88. The van der Waals surface area contributed by atoms with E-state index >= 15 is 0 Å². The standard InChI is InChI=1S/C17H27N3O2/c1-17(2,3)22-16(21)19-11-13-7-6-10-20(12-13)15-9-5-4-8-14(15)18/h4-5,8-9,13H,6-7,10-12,18H2,1-3H3,(H,19,21)/t13-/m0/s1. The zero-order valence-electron chi connectivity index (χ0n) is 13.8. The fourth-order valence-corrected chi connectivity index (χ4v) is 2.77.